The summed E-state index contributed by atoms with van der Waals surface area (Å²) in [6, 6.07) is 27.1. The summed E-state index contributed by atoms with van der Waals surface area (Å²) in [4.78, 5) is 0. The monoisotopic (exact) mass is 351 g/mol. The molecule has 0 saturated carbocycles. The minimum Gasteiger partial charge on any atom is -0.618 e. The molecule has 0 bridgehead atoms. The highest BCUT2D eigenvalue weighted by Crippen LogP contribution is 2.38. The largest absolute Gasteiger partial charge is 0.618 e. The van der Waals surface area contributed by atoms with Gasteiger partial charge in [0.1, 0.15) is 0 Å². The molecule has 0 amide bonds. The molecule has 132 valence electrons. The average molecular weight is 351 g/mol. The van der Waals surface area contributed by atoms with Gasteiger partial charge in [0, 0.05) is 6.42 Å². The molecule has 1 atom stereocenters. The zero-order valence-corrected chi connectivity index (χ0v) is 15.1. The van der Waals surface area contributed by atoms with E-state index in [-0.39, 0.29) is 0 Å². The van der Waals surface area contributed by atoms with Gasteiger partial charge in [0.05, 0.1) is 11.1 Å². The molecule has 3 aromatic carbocycles. The van der Waals surface area contributed by atoms with Crippen molar-refractivity contribution < 1.29 is 4.74 Å². The van der Waals surface area contributed by atoms with Crippen LogP contribution in [-0.4, -0.2) is 10.5 Å². The molecule has 0 radical (unpaired) electrons. The second kappa shape index (κ2) is 6.55. The minimum absolute atomic E-state index is 0.511. The summed E-state index contributed by atoms with van der Waals surface area (Å²) >= 11 is 0. The van der Waals surface area contributed by atoms with E-state index in [9.17, 15) is 5.21 Å². The highest BCUT2D eigenvalue weighted by atomic mass is 16.5. The number of benzene rings is 3. The number of hydrogen-bond acceptors (Lipinski definition) is 1. The Bertz CT molecular complexity index is 1010. The van der Waals surface area contributed by atoms with E-state index >= 15 is 0 Å². The Balaban J connectivity index is 1.55. The normalized spacial score (nSPS) is 17.9. The fourth-order valence-corrected chi connectivity index (χ4v) is 4.39. The summed E-state index contributed by atoms with van der Waals surface area (Å²) in [5, 5.41) is 13.4. The highest BCUT2D eigenvalue weighted by Gasteiger charge is 2.32. The Morgan fingerprint density at radius 1 is 0.704 bits per heavy atom. The molecule has 2 aliphatic rings. The van der Waals surface area contributed by atoms with Gasteiger partial charge in [-0.15, -0.1) is 0 Å². The fraction of sp³-hybridized carbons (Fsp3) is 0.160. The van der Waals surface area contributed by atoms with Crippen LogP contribution < -0.4 is 0 Å². The van der Waals surface area contributed by atoms with Crippen molar-refractivity contribution in [3.05, 3.63) is 113 Å². The van der Waals surface area contributed by atoms with Crippen LogP contribution in [0.1, 0.15) is 41.9 Å². The molecular formula is C25H21NO. The summed E-state index contributed by atoms with van der Waals surface area (Å²) in [6.45, 7) is 0. The van der Waals surface area contributed by atoms with Crippen molar-refractivity contribution in [3.63, 3.8) is 0 Å². The molecule has 3 aromatic rings. The number of fused-ring (bicyclic) bond motifs is 3. The average Bonchev–Trinajstić information content (AvgIpc) is 3.08. The van der Waals surface area contributed by atoms with Crippen LogP contribution in [0.4, 0.5) is 0 Å². The van der Waals surface area contributed by atoms with Crippen LogP contribution in [0.3, 0.4) is 0 Å². The molecule has 5 rings (SSSR count). The molecule has 0 N–H and O–H groups in total. The molecule has 2 heteroatoms. The van der Waals surface area contributed by atoms with Gasteiger partial charge in [-0.3, -0.25) is 0 Å². The maximum Gasteiger partial charge on any atom is 0.232 e. The van der Waals surface area contributed by atoms with Crippen LogP contribution in [0.15, 0.2) is 90.6 Å². The lowest BCUT2D eigenvalue weighted by Crippen LogP contribution is -2.19. The van der Waals surface area contributed by atoms with Crippen LogP contribution in [0.5, 0.6) is 0 Å². The van der Waals surface area contributed by atoms with Crippen LogP contribution >= 0.6 is 0 Å². The van der Waals surface area contributed by atoms with Crippen LogP contribution in [0.2, 0.25) is 0 Å². The zero-order valence-electron chi connectivity index (χ0n) is 15.1. The SMILES string of the molecule is [O-][N+](C1=CCC(c2ccccc2)CC1)=C1c2ccccc2-c2ccccc21. The second-order valence-corrected chi connectivity index (χ2v) is 7.31. The number of hydroxylamine groups is 1. The molecule has 0 heterocycles. The van der Waals surface area contributed by atoms with Gasteiger partial charge in [-0.1, -0.05) is 66.7 Å². The Kier molecular flexibility index (Phi) is 3.90. The van der Waals surface area contributed by atoms with Crippen LogP contribution in [-0.2, 0) is 0 Å². The van der Waals surface area contributed by atoms with Gasteiger partial charge in [0.25, 0.3) is 0 Å². The van der Waals surface area contributed by atoms with Gasteiger partial charge < -0.3 is 5.21 Å². The van der Waals surface area contributed by atoms with E-state index in [0.29, 0.717) is 5.92 Å². The molecule has 0 aromatic heterocycles. The topological polar surface area (TPSA) is 26.1 Å². The molecular weight excluding hydrogens is 330 g/mol. The van der Waals surface area contributed by atoms with Crippen LogP contribution in [0.25, 0.3) is 11.1 Å². The van der Waals surface area contributed by atoms with Gasteiger partial charge in [-0.25, -0.2) is 0 Å². The first kappa shape index (κ1) is 16.1. The van der Waals surface area contributed by atoms with Crippen molar-refractivity contribution in [1.29, 1.82) is 0 Å². The predicted molar refractivity (Wildman–Crippen MR) is 110 cm³/mol. The lowest BCUT2D eigenvalue weighted by molar-refractivity contribution is -0.404. The van der Waals surface area contributed by atoms with Gasteiger partial charge >= 0.3 is 0 Å². The van der Waals surface area contributed by atoms with Crippen molar-refractivity contribution >= 4 is 5.71 Å². The molecule has 0 spiro atoms. The van der Waals surface area contributed by atoms with E-state index in [1.165, 1.54) is 10.3 Å². The Morgan fingerprint density at radius 2 is 1.26 bits per heavy atom. The Hall–Kier alpha value is -3.13. The molecule has 2 nitrogen and oxygen atoms in total. The fourth-order valence-electron chi connectivity index (χ4n) is 4.39. The first-order valence-electron chi connectivity index (χ1n) is 9.60. The van der Waals surface area contributed by atoms with E-state index in [0.717, 1.165) is 52.9 Å². The third-order valence-electron chi connectivity index (χ3n) is 5.78. The molecule has 27 heavy (non-hydrogen) atoms. The summed E-state index contributed by atoms with van der Waals surface area (Å²) in [5.41, 5.74) is 7.45. The number of hydrogen-bond donors (Lipinski definition) is 0. The number of nitrogens with zero attached hydrogens (tertiary/aromatic N) is 1. The number of rotatable bonds is 2. The predicted octanol–water partition coefficient (Wildman–Crippen LogP) is 5.87. The third-order valence-corrected chi connectivity index (χ3v) is 5.78. The minimum atomic E-state index is 0.511. The molecule has 0 fully saturated rings. The summed E-state index contributed by atoms with van der Waals surface area (Å²) in [6.07, 6.45) is 4.90. The van der Waals surface area contributed by atoms with E-state index in [1.54, 1.807) is 0 Å². The first-order chi connectivity index (χ1) is 13.3. The summed E-state index contributed by atoms with van der Waals surface area (Å²) < 4.78 is 1.19. The highest BCUT2D eigenvalue weighted by molar-refractivity contribution is 6.22. The quantitative estimate of drug-likeness (QED) is 0.252. The molecule has 2 aliphatic carbocycles. The van der Waals surface area contributed by atoms with E-state index < -0.39 is 0 Å². The first-order valence-corrected chi connectivity index (χ1v) is 9.60. The third kappa shape index (κ3) is 2.69. The number of allylic oxidation sites excluding steroid dienone is 2. The van der Waals surface area contributed by atoms with Crippen molar-refractivity contribution in [2.75, 3.05) is 0 Å². The van der Waals surface area contributed by atoms with Crippen molar-refractivity contribution in [2.45, 2.75) is 25.2 Å². The lowest BCUT2D eigenvalue weighted by Gasteiger charge is -2.21. The maximum absolute atomic E-state index is 13.4. The zero-order chi connectivity index (χ0) is 18.2. The standard InChI is InChI=1S/C25H21NO/c27-26(20-16-14-19(15-17-20)18-8-2-1-3-9-18)25-23-12-6-4-10-21(23)22-11-5-7-13-24(22)25/h1-13,16,19H,14-15,17H2. The summed E-state index contributed by atoms with van der Waals surface area (Å²) in [7, 11) is 0. The second-order valence-electron chi connectivity index (χ2n) is 7.31. The van der Waals surface area contributed by atoms with E-state index in [2.05, 4.69) is 60.7 Å². The molecule has 0 saturated heterocycles. The van der Waals surface area contributed by atoms with Gasteiger partial charge in [-0.05, 0) is 53.7 Å². The Labute approximate surface area is 159 Å². The van der Waals surface area contributed by atoms with Gasteiger partial charge in [-0.2, -0.15) is 4.74 Å². The maximum atomic E-state index is 13.4. The Morgan fingerprint density at radius 3 is 1.81 bits per heavy atom. The van der Waals surface area contributed by atoms with E-state index in [4.69, 9.17) is 0 Å². The smallest absolute Gasteiger partial charge is 0.232 e. The van der Waals surface area contributed by atoms with Crippen molar-refractivity contribution in [1.82, 2.24) is 0 Å². The van der Waals surface area contributed by atoms with Crippen LogP contribution in [0, 0.1) is 5.21 Å². The van der Waals surface area contributed by atoms with E-state index in [1.807, 2.05) is 24.3 Å². The van der Waals surface area contributed by atoms with Gasteiger partial charge in [0.15, 0.2) is 5.70 Å². The lowest BCUT2D eigenvalue weighted by atomic mass is 9.86. The van der Waals surface area contributed by atoms with Crippen molar-refractivity contribution in [2.24, 2.45) is 0 Å². The molecule has 1 unspecified atom stereocenters. The summed E-state index contributed by atoms with van der Waals surface area (Å²) in [5.74, 6) is 0.511. The molecule has 0 aliphatic heterocycles. The van der Waals surface area contributed by atoms with Crippen molar-refractivity contribution in [3.8, 4) is 11.1 Å². The van der Waals surface area contributed by atoms with Gasteiger partial charge in [0.2, 0.25) is 5.71 Å².